The first-order valence-corrected chi connectivity index (χ1v) is 13.7. The highest BCUT2D eigenvalue weighted by molar-refractivity contribution is 6.01. The molecule has 2 aliphatic carbocycles. The number of nitrogens with one attached hydrogen (secondary N) is 1. The Morgan fingerprint density at radius 1 is 1.14 bits per heavy atom. The lowest BCUT2D eigenvalue weighted by atomic mass is 9.81. The average molecular weight is 477 g/mol. The van der Waals surface area contributed by atoms with E-state index in [1.165, 1.54) is 49.0 Å². The molecule has 2 heterocycles. The van der Waals surface area contributed by atoms with Gasteiger partial charge in [-0.25, -0.2) is 0 Å². The molecule has 5 rings (SSSR count). The molecule has 0 amide bonds. The van der Waals surface area contributed by atoms with Gasteiger partial charge in [-0.1, -0.05) is 57.4 Å². The van der Waals surface area contributed by atoms with Crippen LogP contribution in [0.2, 0.25) is 0 Å². The number of fused-ring (bicyclic) bond motifs is 2. The number of allylic oxidation sites excluding steroid dienone is 5. The summed E-state index contributed by atoms with van der Waals surface area (Å²) in [4.78, 5) is 5.11. The molecule has 4 aliphatic rings. The number of unbranched alkanes of at least 4 members (excludes halogenated alkanes) is 1. The zero-order valence-electron chi connectivity index (χ0n) is 21.3. The number of hydrogen-bond donors (Lipinski definition) is 2. The summed E-state index contributed by atoms with van der Waals surface area (Å²) in [6.07, 6.45) is 15.1. The van der Waals surface area contributed by atoms with E-state index < -0.39 is 0 Å². The minimum atomic E-state index is -0.323. The normalized spacial score (nSPS) is 26.8. The van der Waals surface area contributed by atoms with Gasteiger partial charge in [0, 0.05) is 30.0 Å². The van der Waals surface area contributed by atoms with E-state index in [4.69, 9.17) is 14.5 Å². The molecule has 0 saturated heterocycles. The van der Waals surface area contributed by atoms with E-state index in [9.17, 15) is 5.11 Å². The van der Waals surface area contributed by atoms with E-state index >= 15 is 0 Å². The van der Waals surface area contributed by atoms with Gasteiger partial charge in [-0.2, -0.15) is 0 Å². The number of para-hydroxylation sites is 1. The van der Waals surface area contributed by atoms with Crippen molar-refractivity contribution in [2.24, 2.45) is 16.8 Å². The Bertz CT molecular complexity index is 1040. The molecular weight excluding hydrogens is 436 g/mol. The molecule has 0 spiro atoms. The van der Waals surface area contributed by atoms with E-state index in [2.05, 4.69) is 31.3 Å². The Balaban J connectivity index is 1.36. The van der Waals surface area contributed by atoms with Crippen LogP contribution in [0.15, 0.2) is 64.1 Å². The van der Waals surface area contributed by atoms with Crippen LogP contribution < -0.4 is 5.32 Å². The molecule has 35 heavy (non-hydrogen) atoms. The van der Waals surface area contributed by atoms with Crippen molar-refractivity contribution >= 4 is 5.71 Å². The highest BCUT2D eigenvalue weighted by atomic mass is 16.5. The first-order valence-electron chi connectivity index (χ1n) is 13.7. The molecule has 0 bridgehead atoms. The minimum absolute atomic E-state index is 0.127. The quantitative estimate of drug-likeness (QED) is 0.400. The second-order valence-electron chi connectivity index (χ2n) is 10.4. The Labute approximate surface area is 210 Å². The lowest BCUT2D eigenvalue weighted by Gasteiger charge is -2.33. The molecule has 0 fully saturated rings. The van der Waals surface area contributed by atoms with Crippen LogP contribution in [-0.4, -0.2) is 23.7 Å². The fourth-order valence-corrected chi connectivity index (χ4v) is 5.84. The molecule has 0 saturated carbocycles. The SMILES string of the molecule is CCCCC(CC)COC1CC(C2=CC=C3OC4=C(CCCC4)C3C2)=NC(c2ccccc2O)N1. The van der Waals surface area contributed by atoms with Gasteiger partial charge in [0.1, 0.15) is 29.7 Å². The van der Waals surface area contributed by atoms with E-state index in [1.807, 2.05) is 18.2 Å². The number of aliphatic imine (C=N–C) groups is 1. The van der Waals surface area contributed by atoms with Crippen molar-refractivity contribution in [3.8, 4) is 5.75 Å². The molecule has 1 aromatic carbocycles. The summed E-state index contributed by atoms with van der Waals surface area (Å²) in [5.41, 5.74) is 4.67. The highest BCUT2D eigenvalue weighted by Gasteiger charge is 2.37. The van der Waals surface area contributed by atoms with Crippen LogP contribution in [0.1, 0.15) is 89.8 Å². The number of aromatic hydroxyl groups is 1. The Hall–Kier alpha value is -2.37. The number of rotatable bonds is 9. The van der Waals surface area contributed by atoms with Crippen molar-refractivity contribution < 1.29 is 14.6 Å². The van der Waals surface area contributed by atoms with Gasteiger partial charge in [0.15, 0.2) is 0 Å². The van der Waals surface area contributed by atoms with E-state index in [1.54, 1.807) is 6.07 Å². The Morgan fingerprint density at radius 2 is 2.00 bits per heavy atom. The second kappa shape index (κ2) is 11.1. The number of nitrogens with zero attached hydrogens (tertiary/aromatic N) is 1. The van der Waals surface area contributed by atoms with E-state index in [-0.39, 0.29) is 18.1 Å². The summed E-state index contributed by atoms with van der Waals surface area (Å²) in [7, 11) is 0. The van der Waals surface area contributed by atoms with Crippen molar-refractivity contribution in [2.75, 3.05) is 6.61 Å². The maximum Gasteiger partial charge on any atom is 0.131 e. The number of phenolic OH excluding ortho intramolecular Hbond substituents is 1. The maximum atomic E-state index is 10.6. The summed E-state index contributed by atoms with van der Waals surface area (Å²) >= 11 is 0. The summed E-state index contributed by atoms with van der Waals surface area (Å²) in [6.45, 7) is 5.25. The molecule has 2 N–H and O–H groups in total. The van der Waals surface area contributed by atoms with Crippen LogP contribution in [0, 0.1) is 11.8 Å². The van der Waals surface area contributed by atoms with E-state index in [0.29, 0.717) is 11.8 Å². The van der Waals surface area contributed by atoms with Crippen molar-refractivity contribution in [3.63, 3.8) is 0 Å². The van der Waals surface area contributed by atoms with Crippen molar-refractivity contribution in [2.45, 2.75) is 90.4 Å². The van der Waals surface area contributed by atoms with Gasteiger partial charge >= 0.3 is 0 Å². The van der Waals surface area contributed by atoms with Crippen LogP contribution in [-0.2, 0) is 9.47 Å². The van der Waals surface area contributed by atoms with Gasteiger partial charge in [-0.15, -0.1) is 0 Å². The average Bonchev–Trinajstić information content (AvgIpc) is 3.27. The van der Waals surface area contributed by atoms with E-state index in [0.717, 1.165) is 55.7 Å². The van der Waals surface area contributed by atoms with Crippen LogP contribution >= 0.6 is 0 Å². The fourth-order valence-electron chi connectivity index (χ4n) is 5.84. The largest absolute Gasteiger partial charge is 0.508 e. The van der Waals surface area contributed by atoms with Gasteiger partial charge in [0.05, 0.1) is 6.61 Å². The van der Waals surface area contributed by atoms with Crippen LogP contribution in [0.3, 0.4) is 0 Å². The number of benzene rings is 1. The van der Waals surface area contributed by atoms with Crippen LogP contribution in [0.25, 0.3) is 0 Å². The lowest BCUT2D eigenvalue weighted by Crippen LogP contribution is -2.42. The van der Waals surface area contributed by atoms with Gasteiger partial charge < -0.3 is 14.6 Å². The molecule has 1 aromatic rings. The smallest absolute Gasteiger partial charge is 0.131 e. The van der Waals surface area contributed by atoms with Crippen LogP contribution in [0.5, 0.6) is 5.75 Å². The third-order valence-electron chi connectivity index (χ3n) is 8.02. The third kappa shape index (κ3) is 5.41. The summed E-state index contributed by atoms with van der Waals surface area (Å²) in [5, 5.41) is 14.1. The summed E-state index contributed by atoms with van der Waals surface area (Å²) < 4.78 is 12.7. The fraction of sp³-hybridized carbons (Fsp3) is 0.567. The maximum absolute atomic E-state index is 10.6. The molecule has 0 radical (unpaired) electrons. The van der Waals surface area contributed by atoms with Gasteiger partial charge in [0.2, 0.25) is 0 Å². The molecular formula is C30H40N2O3. The monoisotopic (exact) mass is 476 g/mol. The zero-order valence-corrected chi connectivity index (χ0v) is 21.3. The predicted octanol–water partition coefficient (Wildman–Crippen LogP) is 7.07. The third-order valence-corrected chi connectivity index (χ3v) is 8.02. The zero-order chi connectivity index (χ0) is 24.2. The first kappa shape index (κ1) is 24.3. The molecule has 0 aromatic heterocycles. The predicted molar refractivity (Wildman–Crippen MR) is 140 cm³/mol. The number of hydrogen-bond acceptors (Lipinski definition) is 5. The molecule has 5 nitrogen and oxygen atoms in total. The molecule has 4 unspecified atom stereocenters. The molecule has 5 heteroatoms. The Morgan fingerprint density at radius 3 is 2.83 bits per heavy atom. The number of phenols is 1. The first-order chi connectivity index (χ1) is 17.2. The van der Waals surface area contributed by atoms with Gasteiger partial charge in [-0.05, 0) is 61.3 Å². The topological polar surface area (TPSA) is 63.1 Å². The van der Waals surface area contributed by atoms with Crippen molar-refractivity contribution in [1.29, 1.82) is 0 Å². The minimum Gasteiger partial charge on any atom is -0.508 e. The molecule has 2 aliphatic heterocycles. The van der Waals surface area contributed by atoms with Crippen molar-refractivity contribution in [1.82, 2.24) is 5.32 Å². The van der Waals surface area contributed by atoms with Crippen LogP contribution in [0.4, 0.5) is 0 Å². The highest BCUT2D eigenvalue weighted by Crippen LogP contribution is 2.47. The standard InChI is InChI=1S/C30H40N2O3/c1-3-5-10-20(4-2)19-34-29-18-25(31-30(32-29)23-12-6-8-13-26(23)33)21-15-16-28-24(17-21)22-11-7-9-14-27(22)35-28/h6,8,12-13,15-16,20,24,29-30,32-33H,3-5,7,9-11,14,17-19H2,1-2H3. The number of ether oxygens (including phenoxy) is 2. The summed E-state index contributed by atoms with van der Waals surface area (Å²) in [5.74, 6) is 3.55. The van der Waals surface area contributed by atoms with Crippen molar-refractivity contribution in [3.05, 3.63) is 64.6 Å². The van der Waals surface area contributed by atoms with Gasteiger partial charge in [0.25, 0.3) is 0 Å². The molecule has 4 atom stereocenters. The lowest BCUT2D eigenvalue weighted by molar-refractivity contribution is -0.000165. The van der Waals surface area contributed by atoms with Gasteiger partial charge in [-0.3, -0.25) is 10.3 Å². The Kier molecular flexibility index (Phi) is 7.74. The molecule has 188 valence electrons. The second-order valence-corrected chi connectivity index (χ2v) is 10.4. The summed E-state index contributed by atoms with van der Waals surface area (Å²) in [6, 6.07) is 7.49.